The molecule has 6 heterocycles. The van der Waals surface area contributed by atoms with Gasteiger partial charge in [-0.1, -0.05) is 119 Å². The molecule has 0 atom stereocenters. The molecule has 0 aliphatic carbocycles. The standard InChI is InChI=1S/C54H62N6/c1-51(2,3)35-26-33(27-36(30-35)52(4,5)6)48-42-18-16-40(56-42)39(32-55)41-17-19-43(57-41)49(34-28-37(53(7,8)9)31-38(29-34)54(10,11)12)45-21-23-47(59-45)50(46-22-20-44(48)58-46)60-24-14-13-15-25-60/h16-23,26-31,56,59H,13-15,24-25H2,1-12H3. The van der Waals surface area contributed by atoms with E-state index in [0.29, 0.717) is 11.3 Å². The first-order chi connectivity index (χ1) is 28.2. The van der Waals surface area contributed by atoms with Gasteiger partial charge >= 0.3 is 0 Å². The maximum absolute atomic E-state index is 10.8. The van der Waals surface area contributed by atoms with Crippen molar-refractivity contribution in [3.05, 3.63) is 111 Å². The Kier molecular flexibility index (Phi) is 10.1. The first-order valence-electron chi connectivity index (χ1n) is 21.8. The van der Waals surface area contributed by atoms with Crippen LogP contribution in [0.3, 0.4) is 0 Å². The van der Waals surface area contributed by atoms with E-state index in [1.807, 2.05) is 12.1 Å². The summed E-state index contributed by atoms with van der Waals surface area (Å²) >= 11 is 0. The normalized spacial score (nSPS) is 14.8. The summed E-state index contributed by atoms with van der Waals surface area (Å²) in [5.74, 6) is 0. The van der Waals surface area contributed by atoms with E-state index in [4.69, 9.17) is 9.97 Å². The molecule has 5 aromatic rings. The number of benzene rings is 2. The van der Waals surface area contributed by atoms with Crippen molar-refractivity contribution < 1.29 is 0 Å². The Balaban J connectivity index is 1.53. The van der Waals surface area contributed by atoms with Crippen LogP contribution in [0.2, 0.25) is 0 Å². The molecule has 1 saturated heterocycles. The molecule has 0 amide bonds. The Hall–Kier alpha value is -5.67. The minimum Gasteiger partial charge on any atom is -0.368 e. The van der Waals surface area contributed by atoms with Gasteiger partial charge in [-0.25, -0.2) is 9.97 Å². The molecule has 60 heavy (non-hydrogen) atoms. The summed E-state index contributed by atoms with van der Waals surface area (Å²) in [5.41, 5.74) is 17.6. The van der Waals surface area contributed by atoms with E-state index < -0.39 is 0 Å². The van der Waals surface area contributed by atoms with E-state index >= 15 is 0 Å². The van der Waals surface area contributed by atoms with E-state index in [-0.39, 0.29) is 21.7 Å². The van der Waals surface area contributed by atoms with Crippen LogP contribution < -0.4 is 4.90 Å². The summed E-state index contributed by atoms with van der Waals surface area (Å²) < 4.78 is 0. The Bertz CT molecular complexity index is 2640. The van der Waals surface area contributed by atoms with Crippen LogP contribution in [0.15, 0.2) is 60.7 Å². The van der Waals surface area contributed by atoms with Gasteiger partial charge in [0.15, 0.2) is 0 Å². The summed E-state index contributed by atoms with van der Waals surface area (Å²) in [6.45, 7) is 29.3. The van der Waals surface area contributed by atoms with Crippen molar-refractivity contribution in [3.63, 3.8) is 0 Å². The van der Waals surface area contributed by atoms with E-state index in [0.717, 1.165) is 93.0 Å². The fourth-order valence-electron chi connectivity index (χ4n) is 8.64. The van der Waals surface area contributed by atoms with Crippen LogP contribution in [0.1, 0.15) is 153 Å². The van der Waals surface area contributed by atoms with Gasteiger partial charge in [0.05, 0.1) is 39.5 Å². The van der Waals surface area contributed by atoms with Crippen LogP contribution in [0.5, 0.6) is 0 Å². The molecule has 3 aromatic heterocycles. The number of nitriles is 1. The summed E-state index contributed by atoms with van der Waals surface area (Å²) in [6.07, 6.45) is 12.0. The average Bonchev–Trinajstić information content (AvgIpc) is 4.02. The third kappa shape index (κ3) is 7.87. The lowest BCUT2D eigenvalue weighted by Gasteiger charge is -2.29. The highest BCUT2D eigenvalue weighted by molar-refractivity contribution is 5.97. The van der Waals surface area contributed by atoms with E-state index in [1.54, 1.807) is 0 Å². The first kappa shape index (κ1) is 41.1. The van der Waals surface area contributed by atoms with Crippen molar-refractivity contribution in [3.8, 4) is 28.3 Å². The molecular formula is C54H62N6. The van der Waals surface area contributed by atoms with Gasteiger partial charge in [0.25, 0.3) is 0 Å². The van der Waals surface area contributed by atoms with E-state index in [9.17, 15) is 5.26 Å². The number of piperidine rings is 1. The smallest absolute Gasteiger partial charge is 0.104 e. The van der Waals surface area contributed by atoms with Crippen molar-refractivity contribution in [2.45, 2.75) is 124 Å². The highest BCUT2D eigenvalue weighted by Gasteiger charge is 2.26. The predicted octanol–water partition coefficient (Wildman–Crippen LogP) is 14.0. The van der Waals surface area contributed by atoms with Crippen LogP contribution >= 0.6 is 0 Å². The molecule has 1 fully saturated rings. The summed E-state index contributed by atoms with van der Waals surface area (Å²) in [5, 5.41) is 10.8. The van der Waals surface area contributed by atoms with Gasteiger partial charge in [0.1, 0.15) is 11.6 Å². The molecule has 8 bridgehead atoms. The van der Waals surface area contributed by atoms with Crippen molar-refractivity contribution >= 4 is 52.1 Å². The first-order valence-corrected chi connectivity index (χ1v) is 21.8. The molecule has 3 aliphatic rings. The number of anilines is 1. The fourth-order valence-corrected chi connectivity index (χ4v) is 8.64. The highest BCUT2D eigenvalue weighted by atomic mass is 15.1. The molecule has 0 radical (unpaired) electrons. The predicted molar refractivity (Wildman–Crippen MR) is 255 cm³/mol. The zero-order chi connectivity index (χ0) is 42.9. The number of hydrogen-bond donors (Lipinski definition) is 2. The molecule has 6 heteroatoms. The van der Waals surface area contributed by atoms with Crippen LogP contribution in [0, 0.1) is 11.3 Å². The number of aromatic nitrogens is 4. The molecule has 2 aromatic carbocycles. The lowest BCUT2D eigenvalue weighted by atomic mass is 9.78. The van der Waals surface area contributed by atoms with Crippen molar-refractivity contribution in [1.82, 2.24) is 19.9 Å². The van der Waals surface area contributed by atoms with E-state index in [1.165, 1.54) is 28.7 Å². The summed E-state index contributed by atoms with van der Waals surface area (Å²) in [4.78, 5) is 21.1. The van der Waals surface area contributed by atoms with Crippen molar-refractivity contribution in [2.24, 2.45) is 0 Å². The minimum atomic E-state index is -0.0674. The quantitative estimate of drug-likeness (QED) is 0.187. The summed E-state index contributed by atoms with van der Waals surface area (Å²) in [6, 6.07) is 25.2. The van der Waals surface area contributed by atoms with Gasteiger partial charge in [-0.15, -0.1) is 0 Å². The molecule has 0 saturated carbocycles. The highest BCUT2D eigenvalue weighted by Crippen LogP contribution is 2.41. The topological polar surface area (TPSA) is 84.4 Å². The van der Waals surface area contributed by atoms with Gasteiger partial charge in [-0.2, -0.15) is 5.26 Å². The van der Waals surface area contributed by atoms with Gasteiger partial charge in [0, 0.05) is 35.2 Å². The second kappa shape index (κ2) is 14.8. The maximum atomic E-state index is 10.8. The Labute approximate surface area is 357 Å². The Morgan fingerprint density at radius 3 is 1.32 bits per heavy atom. The molecule has 2 N–H and O–H groups in total. The monoisotopic (exact) mass is 795 g/mol. The van der Waals surface area contributed by atoms with E-state index in [2.05, 4.69) is 177 Å². The third-order valence-electron chi connectivity index (χ3n) is 12.4. The number of hydrogen-bond acceptors (Lipinski definition) is 4. The number of nitrogens with one attached hydrogen (secondary N) is 2. The molecule has 3 aliphatic heterocycles. The molecule has 0 unspecified atom stereocenters. The Morgan fingerprint density at radius 1 is 0.483 bits per heavy atom. The zero-order valence-corrected chi connectivity index (χ0v) is 37.9. The molecular weight excluding hydrogens is 733 g/mol. The van der Waals surface area contributed by atoms with Gasteiger partial charge < -0.3 is 14.9 Å². The zero-order valence-electron chi connectivity index (χ0n) is 37.9. The Morgan fingerprint density at radius 2 is 0.867 bits per heavy atom. The average molecular weight is 795 g/mol. The molecule has 0 spiro atoms. The number of H-pyrrole nitrogens is 2. The molecule has 308 valence electrons. The second-order valence-corrected chi connectivity index (χ2v) is 21.2. The number of nitrogens with zero attached hydrogens (tertiary/aromatic N) is 4. The van der Waals surface area contributed by atoms with Crippen LogP contribution in [0.25, 0.3) is 68.6 Å². The van der Waals surface area contributed by atoms with Crippen LogP contribution in [0.4, 0.5) is 5.69 Å². The SMILES string of the molecule is CC(C)(C)c1cc(-c2c3nc(c(N4CCCCC4)c4ccc([nH]4)c(-c4cc(C(C)(C)C)cc(C(C)(C)C)c4)c4nc(c(C#N)c5ccc2[nH]5)C=C4)C=C3)cc(C(C)(C)C)c1. The summed E-state index contributed by atoms with van der Waals surface area (Å²) in [7, 11) is 0. The fraction of sp³-hybridized carbons (Fsp3) is 0.389. The van der Waals surface area contributed by atoms with Crippen LogP contribution in [-0.2, 0) is 21.7 Å². The van der Waals surface area contributed by atoms with Crippen molar-refractivity contribution in [2.75, 3.05) is 18.0 Å². The largest absolute Gasteiger partial charge is 0.368 e. The van der Waals surface area contributed by atoms with Gasteiger partial charge in [0.2, 0.25) is 0 Å². The minimum absolute atomic E-state index is 0.0674. The number of fused-ring (bicyclic) bond motifs is 8. The van der Waals surface area contributed by atoms with Crippen molar-refractivity contribution in [1.29, 1.82) is 5.26 Å². The lowest BCUT2D eigenvalue weighted by molar-refractivity contribution is 0.568. The molecule has 8 rings (SSSR count). The van der Waals surface area contributed by atoms with Crippen LogP contribution in [-0.4, -0.2) is 33.0 Å². The third-order valence-corrected chi connectivity index (χ3v) is 12.4. The van der Waals surface area contributed by atoms with Gasteiger partial charge in [-0.3, -0.25) is 0 Å². The number of aromatic amines is 2. The maximum Gasteiger partial charge on any atom is 0.104 e. The number of rotatable bonds is 3. The second-order valence-electron chi connectivity index (χ2n) is 21.2. The van der Waals surface area contributed by atoms with Gasteiger partial charge in [-0.05, 0) is 123 Å². The lowest BCUT2D eigenvalue weighted by Crippen LogP contribution is -2.30. The molecule has 6 nitrogen and oxygen atoms in total.